The van der Waals surface area contributed by atoms with Crippen LogP contribution in [0.5, 0.6) is 0 Å². The topological polar surface area (TPSA) is 53.6 Å². The minimum absolute atomic E-state index is 0.384. The highest BCUT2D eigenvalue weighted by molar-refractivity contribution is 5.53. The van der Waals surface area contributed by atoms with Gasteiger partial charge in [0.05, 0.1) is 23.5 Å². The van der Waals surface area contributed by atoms with E-state index in [4.69, 9.17) is 5.26 Å². The van der Waals surface area contributed by atoms with Crippen molar-refractivity contribution < 1.29 is 13.2 Å². The van der Waals surface area contributed by atoms with Crippen molar-refractivity contribution in [2.24, 2.45) is 0 Å². The van der Waals surface area contributed by atoms with Gasteiger partial charge in [0.2, 0.25) is 0 Å². The minimum atomic E-state index is -4.51. The maximum absolute atomic E-state index is 12.6. The number of anilines is 1. The quantitative estimate of drug-likeness (QED) is 0.937. The number of benzene rings is 1. The van der Waals surface area contributed by atoms with E-state index in [9.17, 15) is 13.2 Å². The Balaban J connectivity index is 2.05. The molecule has 0 bridgehead atoms. The fourth-order valence-electron chi connectivity index (χ4n) is 1.74. The fraction of sp³-hybridized carbons (Fsp3) is 0.231. The normalized spacial score (nSPS) is 11.1. The molecule has 1 heterocycles. The Bertz CT molecular complexity index is 612. The van der Waals surface area contributed by atoms with Crippen molar-refractivity contribution in [1.82, 2.24) is 9.55 Å². The molecule has 4 nitrogen and oxygen atoms in total. The molecule has 0 aliphatic carbocycles. The van der Waals surface area contributed by atoms with Crippen LogP contribution >= 0.6 is 0 Å². The van der Waals surface area contributed by atoms with E-state index in [2.05, 4.69) is 10.3 Å². The van der Waals surface area contributed by atoms with Gasteiger partial charge in [0.25, 0.3) is 0 Å². The number of nitriles is 1. The smallest absolute Gasteiger partial charge is 0.383 e. The number of halogens is 3. The number of imidazole rings is 1. The Morgan fingerprint density at radius 1 is 1.35 bits per heavy atom. The van der Waals surface area contributed by atoms with Gasteiger partial charge in [-0.1, -0.05) is 0 Å². The molecule has 0 unspecified atom stereocenters. The van der Waals surface area contributed by atoms with Crippen LogP contribution < -0.4 is 5.32 Å². The van der Waals surface area contributed by atoms with Gasteiger partial charge in [-0.05, 0) is 18.2 Å². The molecule has 2 aromatic rings. The van der Waals surface area contributed by atoms with Crippen molar-refractivity contribution in [3.05, 3.63) is 48.0 Å². The summed E-state index contributed by atoms with van der Waals surface area (Å²) >= 11 is 0. The van der Waals surface area contributed by atoms with Crippen LogP contribution in [-0.2, 0) is 12.7 Å². The molecule has 104 valence electrons. The van der Waals surface area contributed by atoms with E-state index in [0.29, 0.717) is 18.8 Å². The van der Waals surface area contributed by atoms with Crippen molar-refractivity contribution in [2.45, 2.75) is 12.7 Å². The van der Waals surface area contributed by atoms with Crippen molar-refractivity contribution in [3.63, 3.8) is 0 Å². The molecule has 0 aliphatic rings. The third-order valence-electron chi connectivity index (χ3n) is 2.70. The molecule has 0 atom stereocenters. The Hall–Kier alpha value is -2.49. The molecule has 0 radical (unpaired) electrons. The molecular weight excluding hydrogens is 269 g/mol. The number of hydrogen-bond donors (Lipinski definition) is 1. The zero-order valence-electron chi connectivity index (χ0n) is 10.4. The molecule has 0 amide bonds. The predicted molar refractivity (Wildman–Crippen MR) is 66.9 cm³/mol. The Morgan fingerprint density at radius 2 is 2.15 bits per heavy atom. The second-order valence-electron chi connectivity index (χ2n) is 4.10. The molecule has 1 aromatic carbocycles. The first-order valence-corrected chi connectivity index (χ1v) is 5.81. The summed E-state index contributed by atoms with van der Waals surface area (Å²) in [4.78, 5) is 3.88. The van der Waals surface area contributed by atoms with Crippen molar-refractivity contribution in [3.8, 4) is 6.07 Å². The average Bonchev–Trinajstić information content (AvgIpc) is 2.90. The lowest BCUT2D eigenvalue weighted by atomic mass is 10.1. The van der Waals surface area contributed by atoms with Crippen molar-refractivity contribution in [2.75, 3.05) is 11.9 Å². The first kappa shape index (κ1) is 13.9. The number of alkyl halides is 3. The number of rotatable bonds is 4. The molecule has 0 aliphatic heterocycles. The summed E-state index contributed by atoms with van der Waals surface area (Å²) in [5.74, 6) is 0. The van der Waals surface area contributed by atoms with Crippen LogP contribution in [0.2, 0.25) is 0 Å². The van der Waals surface area contributed by atoms with Gasteiger partial charge in [-0.15, -0.1) is 0 Å². The van der Waals surface area contributed by atoms with Gasteiger partial charge in [-0.3, -0.25) is 0 Å². The van der Waals surface area contributed by atoms with Gasteiger partial charge >= 0.3 is 6.18 Å². The fourth-order valence-corrected chi connectivity index (χ4v) is 1.74. The first-order chi connectivity index (χ1) is 9.50. The molecule has 2 rings (SSSR count). The lowest BCUT2D eigenvalue weighted by Crippen LogP contribution is -2.11. The lowest BCUT2D eigenvalue weighted by Gasteiger charge is -2.11. The van der Waals surface area contributed by atoms with Crippen molar-refractivity contribution >= 4 is 5.69 Å². The predicted octanol–water partition coefficient (Wildman–Crippen LogP) is 2.89. The maximum Gasteiger partial charge on any atom is 0.417 e. The SMILES string of the molecule is N#Cc1cc(NCCn2ccnc2)ccc1C(F)(F)F. The maximum atomic E-state index is 12.6. The monoisotopic (exact) mass is 280 g/mol. The molecule has 0 spiro atoms. The van der Waals surface area contributed by atoms with Gasteiger partial charge in [0, 0.05) is 31.2 Å². The van der Waals surface area contributed by atoms with Gasteiger partial charge in [0.1, 0.15) is 0 Å². The average molecular weight is 280 g/mol. The zero-order valence-corrected chi connectivity index (χ0v) is 10.4. The second kappa shape index (κ2) is 5.65. The molecule has 7 heteroatoms. The van der Waals surface area contributed by atoms with Crippen LogP contribution in [0.3, 0.4) is 0 Å². The summed E-state index contributed by atoms with van der Waals surface area (Å²) < 4.78 is 39.7. The van der Waals surface area contributed by atoms with E-state index < -0.39 is 11.7 Å². The van der Waals surface area contributed by atoms with Gasteiger partial charge < -0.3 is 9.88 Å². The van der Waals surface area contributed by atoms with Gasteiger partial charge in [0.15, 0.2) is 0 Å². The summed E-state index contributed by atoms with van der Waals surface area (Å²) in [6, 6.07) is 5.01. The summed E-state index contributed by atoms with van der Waals surface area (Å²) in [6.07, 6.45) is 0.566. The highest BCUT2D eigenvalue weighted by Gasteiger charge is 2.33. The largest absolute Gasteiger partial charge is 0.417 e. The third-order valence-corrected chi connectivity index (χ3v) is 2.70. The Labute approximate surface area is 113 Å². The number of nitrogens with one attached hydrogen (secondary N) is 1. The number of nitrogens with zero attached hydrogens (tertiary/aromatic N) is 3. The van der Waals surface area contributed by atoms with E-state index >= 15 is 0 Å². The molecule has 0 fully saturated rings. The molecule has 0 saturated heterocycles. The van der Waals surface area contributed by atoms with E-state index in [1.165, 1.54) is 12.1 Å². The lowest BCUT2D eigenvalue weighted by molar-refractivity contribution is -0.137. The molecule has 1 aromatic heterocycles. The van der Waals surface area contributed by atoms with Crippen LogP contribution in [0.15, 0.2) is 36.9 Å². The van der Waals surface area contributed by atoms with Crippen LogP contribution in [0.25, 0.3) is 0 Å². The summed E-state index contributed by atoms with van der Waals surface area (Å²) in [5, 5.41) is 11.8. The highest BCUT2D eigenvalue weighted by atomic mass is 19.4. The van der Waals surface area contributed by atoms with Crippen LogP contribution in [0.1, 0.15) is 11.1 Å². The van der Waals surface area contributed by atoms with Crippen LogP contribution in [0, 0.1) is 11.3 Å². The van der Waals surface area contributed by atoms with E-state index in [1.54, 1.807) is 24.8 Å². The van der Waals surface area contributed by atoms with Crippen molar-refractivity contribution in [1.29, 1.82) is 5.26 Å². The van der Waals surface area contributed by atoms with Gasteiger partial charge in [-0.25, -0.2) is 4.98 Å². The molecule has 1 N–H and O–H groups in total. The number of aromatic nitrogens is 2. The van der Waals surface area contributed by atoms with E-state index in [1.807, 2.05) is 4.57 Å². The standard InChI is InChI=1S/C13H11F3N4/c14-13(15,16)12-2-1-11(7-10(12)8-17)19-4-6-20-5-3-18-9-20/h1-3,5,7,9,19H,4,6H2. The molecular formula is C13H11F3N4. The van der Waals surface area contributed by atoms with Crippen LogP contribution in [0.4, 0.5) is 18.9 Å². The number of hydrogen-bond acceptors (Lipinski definition) is 3. The van der Waals surface area contributed by atoms with Gasteiger partial charge in [-0.2, -0.15) is 18.4 Å². The summed E-state index contributed by atoms with van der Waals surface area (Å²) in [5.41, 5.74) is -0.819. The van der Waals surface area contributed by atoms with E-state index in [-0.39, 0.29) is 5.56 Å². The highest BCUT2D eigenvalue weighted by Crippen LogP contribution is 2.32. The summed E-state index contributed by atoms with van der Waals surface area (Å²) in [7, 11) is 0. The van der Waals surface area contributed by atoms with E-state index in [0.717, 1.165) is 6.07 Å². The molecule has 20 heavy (non-hydrogen) atoms. The van der Waals surface area contributed by atoms with Crippen LogP contribution in [-0.4, -0.2) is 16.1 Å². The Morgan fingerprint density at radius 3 is 2.75 bits per heavy atom. The third kappa shape index (κ3) is 3.29. The molecule has 0 saturated carbocycles. The zero-order chi connectivity index (χ0) is 14.6. The Kier molecular flexibility index (Phi) is 3.94. The summed E-state index contributed by atoms with van der Waals surface area (Å²) in [6.45, 7) is 1.15. The minimum Gasteiger partial charge on any atom is -0.383 e. The first-order valence-electron chi connectivity index (χ1n) is 5.81. The second-order valence-corrected chi connectivity index (χ2v) is 4.10.